The minimum Gasteiger partial charge on any atom is -0.391 e. The van der Waals surface area contributed by atoms with Gasteiger partial charge in [-0.2, -0.15) is 5.26 Å². The molecule has 0 aliphatic heterocycles. The summed E-state index contributed by atoms with van der Waals surface area (Å²) in [6.45, 7) is 2.20. The molecule has 7 heteroatoms. The Kier molecular flexibility index (Phi) is 11.3. The van der Waals surface area contributed by atoms with E-state index in [0.717, 1.165) is 34.5 Å². The maximum atomic E-state index is 12.4. The molecule has 4 nitrogen and oxygen atoms in total. The number of rotatable bonds is 14. The number of thiophene rings is 1. The topological polar surface area (TPSA) is 74.0 Å². The van der Waals surface area contributed by atoms with Gasteiger partial charge in [-0.05, 0) is 29.5 Å². The first-order chi connectivity index (χ1) is 16.6. The molecule has 3 aromatic rings. The number of aromatic nitrogens is 1. The molecule has 2 heterocycles. The Bertz CT molecular complexity index is 1080. The molecule has 34 heavy (non-hydrogen) atoms. The van der Waals surface area contributed by atoms with Crippen LogP contribution in [0.15, 0.2) is 58.9 Å². The van der Waals surface area contributed by atoms with Crippen molar-refractivity contribution >= 4 is 33.9 Å². The van der Waals surface area contributed by atoms with Crippen LogP contribution in [0.3, 0.4) is 0 Å². The van der Waals surface area contributed by atoms with Crippen molar-refractivity contribution in [3.05, 3.63) is 59.5 Å². The Labute approximate surface area is 213 Å². The summed E-state index contributed by atoms with van der Waals surface area (Å²) in [5.41, 5.74) is 3.13. The van der Waals surface area contributed by atoms with Gasteiger partial charge in [-0.3, -0.25) is 4.21 Å². The molecule has 0 amide bonds. The Morgan fingerprint density at radius 1 is 1.12 bits per heavy atom. The van der Waals surface area contributed by atoms with E-state index in [-0.39, 0.29) is 5.75 Å². The van der Waals surface area contributed by atoms with Crippen LogP contribution in [0.4, 0.5) is 0 Å². The largest absolute Gasteiger partial charge is 0.391 e. The van der Waals surface area contributed by atoms with Crippen LogP contribution in [0.25, 0.3) is 21.7 Å². The second-order valence-electron chi connectivity index (χ2n) is 8.23. The third-order valence-corrected chi connectivity index (χ3v) is 8.99. The fraction of sp³-hybridized carbons (Fsp3) is 0.407. The number of nitriles is 1. The van der Waals surface area contributed by atoms with E-state index >= 15 is 0 Å². The van der Waals surface area contributed by atoms with Crippen LogP contribution in [0.2, 0.25) is 0 Å². The van der Waals surface area contributed by atoms with Gasteiger partial charge in [0, 0.05) is 27.9 Å². The highest BCUT2D eigenvalue weighted by molar-refractivity contribution is 7.99. The number of benzene rings is 1. The fourth-order valence-electron chi connectivity index (χ4n) is 3.69. The number of pyridine rings is 1. The van der Waals surface area contributed by atoms with Crippen LogP contribution in [0.1, 0.15) is 51.0 Å². The van der Waals surface area contributed by atoms with Crippen LogP contribution >= 0.6 is 23.1 Å². The van der Waals surface area contributed by atoms with Crippen molar-refractivity contribution in [1.82, 2.24) is 4.98 Å². The molecule has 180 valence electrons. The first-order valence-corrected chi connectivity index (χ1v) is 15.2. The van der Waals surface area contributed by atoms with Gasteiger partial charge >= 0.3 is 0 Å². The van der Waals surface area contributed by atoms with Crippen LogP contribution in [0, 0.1) is 11.3 Å². The normalized spacial score (nSPS) is 12.9. The summed E-state index contributed by atoms with van der Waals surface area (Å²) in [6, 6.07) is 18.1. The molecule has 0 saturated heterocycles. The molecule has 0 saturated carbocycles. The molecule has 0 fully saturated rings. The standard InChI is InChI=1S/C27H32N2O2S3/c1-2-3-4-5-6-10-16-34(31)20-22(30)19-33-27-24(18-28)23(21-12-8-7-9-13-21)17-25(29-27)26-14-11-15-32-26/h7-9,11-15,17,22,30H,2-6,10,16,19-20H2,1H3. The molecule has 0 aliphatic rings. The zero-order valence-electron chi connectivity index (χ0n) is 19.6. The summed E-state index contributed by atoms with van der Waals surface area (Å²) < 4.78 is 12.4. The van der Waals surface area contributed by atoms with Crippen LogP contribution in [-0.2, 0) is 10.8 Å². The summed E-state index contributed by atoms with van der Waals surface area (Å²) in [6.07, 6.45) is 6.26. The summed E-state index contributed by atoms with van der Waals surface area (Å²) in [5.74, 6) is 1.26. The molecule has 2 aromatic heterocycles. The highest BCUT2D eigenvalue weighted by atomic mass is 32.2. The number of aliphatic hydroxyl groups is 1. The lowest BCUT2D eigenvalue weighted by Crippen LogP contribution is -2.21. The molecule has 0 radical (unpaired) electrons. The Morgan fingerprint density at radius 3 is 2.59 bits per heavy atom. The number of hydrogen-bond donors (Lipinski definition) is 1. The number of aliphatic hydroxyl groups excluding tert-OH is 1. The zero-order valence-corrected chi connectivity index (χ0v) is 22.1. The third-order valence-electron chi connectivity index (χ3n) is 5.47. The second-order valence-corrected chi connectivity index (χ2v) is 11.8. The monoisotopic (exact) mass is 512 g/mol. The predicted molar refractivity (Wildman–Crippen MR) is 146 cm³/mol. The molecule has 0 spiro atoms. The van der Waals surface area contributed by atoms with Crippen LogP contribution < -0.4 is 0 Å². The zero-order chi connectivity index (χ0) is 24.2. The molecule has 2 unspecified atom stereocenters. The predicted octanol–water partition coefficient (Wildman–Crippen LogP) is 6.91. The molecule has 0 aliphatic carbocycles. The minimum absolute atomic E-state index is 0.264. The van der Waals surface area contributed by atoms with Crippen molar-refractivity contribution < 1.29 is 9.32 Å². The lowest BCUT2D eigenvalue weighted by atomic mass is 10.0. The summed E-state index contributed by atoms with van der Waals surface area (Å²) in [5, 5.41) is 23.1. The van der Waals surface area contributed by atoms with Crippen molar-refractivity contribution in [3.63, 3.8) is 0 Å². The first kappa shape index (κ1) is 26.6. The van der Waals surface area contributed by atoms with Gasteiger partial charge in [0.25, 0.3) is 0 Å². The quantitative estimate of drug-likeness (QED) is 0.188. The fourth-order valence-corrected chi connectivity index (χ4v) is 6.70. The van der Waals surface area contributed by atoms with Crippen LogP contribution in [0.5, 0.6) is 0 Å². The Hall–Kier alpha value is -1.98. The highest BCUT2D eigenvalue weighted by Crippen LogP contribution is 2.35. The van der Waals surface area contributed by atoms with Gasteiger partial charge in [-0.25, -0.2) is 4.98 Å². The smallest absolute Gasteiger partial charge is 0.115 e. The maximum Gasteiger partial charge on any atom is 0.115 e. The number of nitrogens with zero attached hydrogens (tertiary/aromatic N) is 2. The molecular weight excluding hydrogens is 481 g/mol. The molecule has 1 N–H and O–H groups in total. The van der Waals surface area contributed by atoms with E-state index < -0.39 is 16.9 Å². The highest BCUT2D eigenvalue weighted by Gasteiger charge is 2.18. The number of unbranched alkanes of at least 4 members (excludes halogenated alkanes) is 5. The Balaban J connectivity index is 1.67. The molecule has 2 atom stereocenters. The van der Waals surface area contributed by atoms with Crippen molar-refractivity contribution in [2.75, 3.05) is 17.3 Å². The lowest BCUT2D eigenvalue weighted by Gasteiger charge is -2.14. The Morgan fingerprint density at radius 2 is 1.88 bits per heavy atom. The van der Waals surface area contributed by atoms with Gasteiger partial charge in [-0.15, -0.1) is 23.1 Å². The molecular formula is C27H32N2O2S3. The van der Waals surface area contributed by atoms with E-state index in [0.29, 0.717) is 22.1 Å². The third kappa shape index (κ3) is 8.06. The van der Waals surface area contributed by atoms with E-state index in [4.69, 9.17) is 4.98 Å². The minimum atomic E-state index is -1.03. The van der Waals surface area contributed by atoms with Gasteiger partial charge in [0.05, 0.1) is 28.0 Å². The molecule has 0 bridgehead atoms. The van der Waals surface area contributed by atoms with Gasteiger partial charge < -0.3 is 5.11 Å². The van der Waals surface area contributed by atoms with Gasteiger partial charge in [0.2, 0.25) is 0 Å². The van der Waals surface area contributed by atoms with Crippen molar-refractivity contribution in [1.29, 1.82) is 5.26 Å². The van der Waals surface area contributed by atoms with E-state index in [1.807, 2.05) is 53.9 Å². The van der Waals surface area contributed by atoms with E-state index in [2.05, 4.69) is 13.0 Å². The maximum absolute atomic E-state index is 12.4. The van der Waals surface area contributed by atoms with Crippen molar-refractivity contribution in [2.24, 2.45) is 0 Å². The lowest BCUT2D eigenvalue weighted by molar-refractivity contribution is 0.224. The SMILES string of the molecule is CCCCCCCCS(=O)CC(O)CSc1nc(-c2cccs2)cc(-c2ccccc2)c1C#N. The van der Waals surface area contributed by atoms with Crippen molar-refractivity contribution in [2.45, 2.75) is 56.6 Å². The summed E-state index contributed by atoms with van der Waals surface area (Å²) >= 11 is 2.97. The second kappa shape index (κ2) is 14.4. The average molecular weight is 513 g/mol. The van der Waals surface area contributed by atoms with E-state index in [1.165, 1.54) is 37.4 Å². The molecule has 3 rings (SSSR count). The van der Waals surface area contributed by atoms with Gasteiger partial charge in [0.1, 0.15) is 11.1 Å². The van der Waals surface area contributed by atoms with Gasteiger partial charge in [-0.1, -0.05) is 75.4 Å². The molecule has 1 aromatic carbocycles. The average Bonchev–Trinajstić information content (AvgIpc) is 3.40. The van der Waals surface area contributed by atoms with Crippen LogP contribution in [-0.4, -0.2) is 37.7 Å². The van der Waals surface area contributed by atoms with Crippen molar-refractivity contribution in [3.8, 4) is 27.8 Å². The number of thioether (sulfide) groups is 1. The number of hydrogen-bond acceptors (Lipinski definition) is 6. The van der Waals surface area contributed by atoms with Gasteiger partial charge in [0.15, 0.2) is 0 Å². The first-order valence-electron chi connectivity index (χ1n) is 11.8. The summed E-state index contributed by atoms with van der Waals surface area (Å²) in [4.78, 5) is 5.80. The van der Waals surface area contributed by atoms with E-state index in [9.17, 15) is 14.6 Å². The van der Waals surface area contributed by atoms with E-state index in [1.54, 1.807) is 11.3 Å². The summed E-state index contributed by atoms with van der Waals surface area (Å²) in [7, 11) is -1.03.